The minimum atomic E-state index is -0.242. The number of anilines is 1. The van der Waals surface area contributed by atoms with Gasteiger partial charge in [-0.2, -0.15) is 0 Å². The van der Waals surface area contributed by atoms with Crippen molar-refractivity contribution in [3.63, 3.8) is 0 Å². The summed E-state index contributed by atoms with van der Waals surface area (Å²) in [5.74, 6) is -0.254. The third-order valence-electron chi connectivity index (χ3n) is 5.65. The predicted octanol–water partition coefficient (Wildman–Crippen LogP) is 4.36. The molecule has 164 valence electrons. The molecule has 0 aliphatic carbocycles. The first-order valence-corrected chi connectivity index (χ1v) is 11.0. The van der Waals surface area contributed by atoms with Gasteiger partial charge in [0.1, 0.15) is 0 Å². The Hall–Kier alpha value is -2.86. The Morgan fingerprint density at radius 2 is 1.58 bits per heavy atom. The molecular weight excluding hydrogens is 414 g/mol. The summed E-state index contributed by atoms with van der Waals surface area (Å²) in [6, 6.07) is 13.7. The monoisotopic (exact) mass is 441 g/mol. The molecule has 0 bridgehead atoms. The van der Waals surface area contributed by atoms with Crippen LogP contribution in [0.15, 0.2) is 48.5 Å². The van der Waals surface area contributed by atoms with Crippen molar-refractivity contribution in [1.29, 1.82) is 0 Å². The van der Waals surface area contributed by atoms with Gasteiger partial charge in [-0.1, -0.05) is 18.5 Å². The lowest BCUT2D eigenvalue weighted by Gasteiger charge is -2.32. The maximum absolute atomic E-state index is 12.8. The normalized spacial score (nSPS) is 15.3. The number of nitrogens with zero attached hydrogens (tertiary/aromatic N) is 1. The molecule has 2 N–H and O–H groups in total. The van der Waals surface area contributed by atoms with E-state index in [0.717, 1.165) is 6.42 Å². The number of carbonyl (C=O) groups is 3. The van der Waals surface area contributed by atoms with Gasteiger partial charge in [0, 0.05) is 46.9 Å². The average molecular weight is 442 g/mol. The van der Waals surface area contributed by atoms with Gasteiger partial charge in [-0.25, -0.2) is 0 Å². The van der Waals surface area contributed by atoms with Crippen LogP contribution < -0.4 is 10.6 Å². The van der Waals surface area contributed by atoms with Crippen LogP contribution in [-0.4, -0.2) is 41.8 Å². The smallest absolute Gasteiger partial charge is 0.255 e. The molecule has 3 amide bonds. The van der Waals surface area contributed by atoms with Crippen molar-refractivity contribution in [1.82, 2.24) is 10.2 Å². The van der Waals surface area contributed by atoms with E-state index in [9.17, 15) is 14.4 Å². The number of hydrogen-bond acceptors (Lipinski definition) is 3. The largest absolute Gasteiger partial charge is 0.353 e. The second-order valence-electron chi connectivity index (χ2n) is 7.92. The number of benzene rings is 2. The topological polar surface area (TPSA) is 78.5 Å². The van der Waals surface area contributed by atoms with Crippen LogP contribution in [0.25, 0.3) is 0 Å². The van der Waals surface area contributed by atoms with Crippen molar-refractivity contribution in [2.75, 3.05) is 18.4 Å². The van der Waals surface area contributed by atoms with E-state index in [-0.39, 0.29) is 29.7 Å². The Kier molecular flexibility index (Phi) is 7.69. The molecule has 1 atom stereocenters. The molecule has 6 nitrogen and oxygen atoms in total. The highest BCUT2D eigenvalue weighted by atomic mass is 35.5. The molecule has 1 unspecified atom stereocenters. The fraction of sp³-hybridized carbons (Fsp3) is 0.375. The third kappa shape index (κ3) is 6.07. The molecule has 0 saturated carbocycles. The highest BCUT2D eigenvalue weighted by Crippen LogP contribution is 2.21. The van der Waals surface area contributed by atoms with Crippen LogP contribution in [0.2, 0.25) is 5.02 Å². The molecule has 1 aliphatic rings. The standard InChI is InChI=1S/C24H28ClN3O3/c1-3-16(2)26-22(29)18-12-14-28(15-13-18)24(31)19-6-10-21(11-7-19)27-23(30)17-4-8-20(25)9-5-17/h4-11,16,18H,3,12-15H2,1-2H3,(H,26,29)(H,27,30). The number of piperidine rings is 1. The molecule has 0 spiro atoms. The first kappa shape index (κ1) is 22.8. The quantitative estimate of drug-likeness (QED) is 0.699. The zero-order valence-electron chi connectivity index (χ0n) is 17.9. The lowest BCUT2D eigenvalue weighted by Crippen LogP contribution is -2.44. The van der Waals surface area contributed by atoms with E-state index in [1.807, 2.05) is 13.8 Å². The van der Waals surface area contributed by atoms with Gasteiger partial charge in [-0.15, -0.1) is 0 Å². The Morgan fingerprint density at radius 3 is 2.16 bits per heavy atom. The Balaban J connectivity index is 1.53. The Bertz CT molecular complexity index is 920. The van der Waals surface area contributed by atoms with Gasteiger partial charge in [0.25, 0.3) is 11.8 Å². The van der Waals surface area contributed by atoms with E-state index in [4.69, 9.17) is 11.6 Å². The van der Waals surface area contributed by atoms with Gasteiger partial charge in [0.2, 0.25) is 5.91 Å². The van der Waals surface area contributed by atoms with E-state index < -0.39 is 0 Å². The van der Waals surface area contributed by atoms with Gasteiger partial charge in [0.05, 0.1) is 0 Å². The third-order valence-corrected chi connectivity index (χ3v) is 5.90. The van der Waals surface area contributed by atoms with E-state index in [2.05, 4.69) is 10.6 Å². The minimum Gasteiger partial charge on any atom is -0.353 e. The molecule has 1 heterocycles. The van der Waals surface area contributed by atoms with Crippen molar-refractivity contribution in [2.45, 2.75) is 39.2 Å². The van der Waals surface area contributed by atoms with E-state index in [1.54, 1.807) is 53.4 Å². The summed E-state index contributed by atoms with van der Waals surface area (Å²) in [7, 11) is 0. The van der Waals surface area contributed by atoms with Crippen molar-refractivity contribution >= 4 is 35.0 Å². The number of hydrogen-bond donors (Lipinski definition) is 2. The molecule has 1 aliphatic heterocycles. The van der Waals surface area contributed by atoms with Crippen LogP contribution in [-0.2, 0) is 4.79 Å². The molecule has 31 heavy (non-hydrogen) atoms. The number of rotatable bonds is 6. The summed E-state index contributed by atoms with van der Waals surface area (Å²) < 4.78 is 0. The molecule has 1 fully saturated rings. The van der Waals surface area contributed by atoms with E-state index in [1.165, 1.54) is 0 Å². The lowest BCUT2D eigenvalue weighted by molar-refractivity contribution is -0.126. The minimum absolute atomic E-state index is 0.0384. The van der Waals surface area contributed by atoms with Crippen molar-refractivity contribution < 1.29 is 14.4 Å². The lowest BCUT2D eigenvalue weighted by atomic mass is 9.95. The number of nitrogens with one attached hydrogen (secondary N) is 2. The summed E-state index contributed by atoms with van der Waals surface area (Å²) in [4.78, 5) is 39.2. The maximum atomic E-state index is 12.8. The first-order valence-electron chi connectivity index (χ1n) is 10.6. The highest BCUT2D eigenvalue weighted by molar-refractivity contribution is 6.30. The van der Waals surface area contributed by atoms with Gasteiger partial charge >= 0.3 is 0 Å². The fourth-order valence-electron chi connectivity index (χ4n) is 3.49. The van der Waals surface area contributed by atoms with Crippen LogP contribution in [0, 0.1) is 5.92 Å². The second kappa shape index (κ2) is 10.4. The zero-order valence-corrected chi connectivity index (χ0v) is 18.6. The SMILES string of the molecule is CCC(C)NC(=O)C1CCN(C(=O)c2ccc(NC(=O)c3ccc(Cl)cc3)cc2)CC1. The number of likely N-dealkylation sites (tertiary alicyclic amines) is 1. The molecule has 1 saturated heterocycles. The summed E-state index contributed by atoms with van der Waals surface area (Å²) in [5.41, 5.74) is 1.67. The summed E-state index contributed by atoms with van der Waals surface area (Å²) in [6.45, 7) is 5.16. The van der Waals surface area contributed by atoms with Crippen LogP contribution in [0.5, 0.6) is 0 Å². The maximum Gasteiger partial charge on any atom is 0.255 e. The molecule has 7 heteroatoms. The summed E-state index contributed by atoms with van der Waals surface area (Å²) >= 11 is 5.85. The van der Waals surface area contributed by atoms with Crippen LogP contribution in [0.1, 0.15) is 53.8 Å². The van der Waals surface area contributed by atoms with Gasteiger partial charge in [-0.3, -0.25) is 14.4 Å². The Morgan fingerprint density at radius 1 is 1.00 bits per heavy atom. The fourth-order valence-corrected chi connectivity index (χ4v) is 3.62. The molecule has 2 aromatic rings. The average Bonchev–Trinajstić information content (AvgIpc) is 2.79. The molecule has 0 radical (unpaired) electrons. The van der Waals surface area contributed by atoms with E-state index in [0.29, 0.717) is 47.8 Å². The summed E-state index contributed by atoms with van der Waals surface area (Å²) in [6.07, 6.45) is 2.24. The van der Waals surface area contributed by atoms with Gasteiger partial charge < -0.3 is 15.5 Å². The summed E-state index contributed by atoms with van der Waals surface area (Å²) in [5, 5.41) is 6.41. The predicted molar refractivity (Wildman–Crippen MR) is 122 cm³/mol. The van der Waals surface area contributed by atoms with Crippen molar-refractivity contribution in [2.24, 2.45) is 5.92 Å². The van der Waals surface area contributed by atoms with Crippen molar-refractivity contribution in [3.05, 3.63) is 64.7 Å². The van der Waals surface area contributed by atoms with Crippen LogP contribution in [0.4, 0.5) is 5.69 Å². The first-order chi connectivity index (χ1) is 14.9. The van der Waals surface area contributed by atoms with Crippen LogP contribution >= 0.6 is 11.6 Å². The van der Waals surface area contributed by atoms with Gasteiger partial charge in [0.15, 0.2) is 0 Å². The van der Waals surface area contributed by atoms with Crippen LogP contribution in [0.3, 0.4) is 0 Å². The van der Waals surface area contributed by atoms with Gasteiger partial charge in [-0.05, 0) is 74.7 Å². The van der Waals surface area contributed by atoms with Crippen molar-refractivity contribution in [3.8, 4) is 0 Å². The Labute approximate surface area is 188 Å². The number of halogens is 1. The molecule has 3 rings (SSSR count). The second-order valence-corrected chi connectivity index (χ2v) is 8.36. The highest BCUT2D eigenvalue weighted by Gasteiger charge is 2.28. The molecular formula is C24H28ClN3O3. The van der Waals surface area contributed by atoms with E-state index >= 15 is 0 Å². The number of carbonyl (C=O) groups excluding carboxylic acids is 3. The zero-order chi connectivity index (χ0) is 22.4. The number of amides is 3. The molecule has 0 aromatic heterocycles. The molecule has 2 aromatic carbocycles.